The minimum Gasteiger partial charge on any atom is -0.507 e. The molecule has 0 bridgehead atoms. The molecule has 4 heteroatoms. The number of aromatic carboxylic acids is 1. The van der Waals surface area contributed by atoms with Crippen LogP contribution in [0.1, 0.15) is 47.1 Å². The van der Waals surface area contributed by atoms with Gasteiger partial charge in [-0.3, -0.25) is 4.79 Å². The first-order valence-corrected chi connectivity index (χ1v) is 4.84. The number of benzene rings is 1. The number of rotatable bonds is 2. The van der Waals surface area contributed by atoms with Gasteiger partial charge >= 0.3 is 5.97 Å². The summed E-state index contributed by atoms with van der Waals surface area (Å²) in [4.78, 5) is 21.7. The van der Waals surface area contributed by atoms with Gasteiger partial charge in [0.2, 0.25) is 0 Å². The summed E-state index contributed by atoms with van der Waals surface area (Å²) in [6.07, 6.45) is 0.510. The van der Waals surface area contributed by atoms with Crippen LogP contribution in [0.15, 0.2) is 12.1 Å². The molecule has 0 aliphatic carbocycles. The number of carbonyl (C=O) groups excluding carboxylic acids is 1. The quantitative estimate of drug-likeness (QED) is 0.752. The van der Waals surface area contributed by atoms with Gasteiger partial charge in [-0.2, -0.15) is 0 Å². The molecule has 0 aliphatic rings. The van der Waals surface area contributed by atoms with Crippen LogP contribution < -0.4 is 0 Å². The molecule has 1 rings (SSSR count). The summed E-state index contributed by atoms with van der Waals surface area (Å²) in [6, 6.07) is 2.65. The van der Waals surface area contributed by atoms with Crippen LogP contribution in [0, 0.1) is 0 Å². The summed E-state index contributed by atoms with van der Waals surface area (Å²) in [7, 11) is 0. The van der Waals surface area contributed by atoms with Crippen LogP contribution in [-0.4, -0.2) is 22.5 Å². The third-order valence-electron chi connectivity index (χ3n) is 2.32. The number of carbonyl (C=O) groups is 2. The molecule has 0 atom stereocenters. The predicted molar refractivity (Wildman–Crippen MR) is 59.2 cm³/mol. The van der Waals surface area contributed by atoms with Gasteiger partial charge in [-0.15, -0.1) is 0 Å². The summed E-state index contributed by atoms with van der Waals surface area (Å²) in [5, 5.41) is 18.9. The fraction of sp³-hybridized carbons (Fsp3) is 0.333. The van der Waals surface area contributed by atoms with E-state index in [-0.39, 0.29) is 22.4 Å². The zero-order valence-corrected chi connectivity index (χ0v) is 9.44. The van der Waals surface area contributed by atoms with Gasteiger partial charge in [0.1, 0.15) is 5.75 Å². The van der Waals surface area contributed by atoms with Crippen molar-refractivity contribution < 1.29 is 19.8 Å². The first kappa shape index (κ1) is 12.2. The van der Waals surface area contributed by atoms with E-state index in [9.17, 15) is 14.7 Å². The van der Waals surface area contributed by atoms with E-state index in [4.69, 9.17) is 5.11 Å². The number of hydrogen-bond donors (Lipinski definition) is 2. The molecule has 0 fully saturated rings. The Morgan fingerprint density at radius 3 is 2.25 bits per heavy atom. The molecule has 4 nitrogen and oxygen atoms in total. The van der Waals surface area contributed by atoms with Gasteiger partial charge in [0.05, 0.1) is 11.1 Å². The van der Waals surface area contributed by atoms with Crippen molar-refractivity contribution in [3.63, 3.8) is 0 Å². The number of phenolic OH excluding ortho intramolecular Hbond substituents is 1. The molecule has 86 valence electrons. The minimum atomic E-state index is -1.11. The standard InChI is InChI=1S/C12H14O4/c1-12(2,3)9-8(11(15)16)5-4-7(6-13)10(9)14/h4-6,14H,1-3H3,(H,15,16). The van der Waals surface area contributed by atoms with Gasteiger partial charge in [0, 0.05) is 5.56 Å². The molecular formula is C12H14O4. The summed E-state index contributed by atoms with van der Waals surface area (Å²) >= 11 is 0. The Bertz CT molecular complexity index is 441. The lowest BCUT2D eigenvalue weighted by Gasteiger charge is -2.23. The van der Waals surface area contributed by atoms with Crippen molar-refractivity contribution in [2.45, 2.75) is 26.2 Å². The highest BCUT2D eigenvalue weighted by atomic mass is 16.4. The van der Waals surface area contributed by atoms with Crippen molar-refractivity contribution in [2.24, 2.45) is 0 Å². The maximum absolute atomic E-state index is 11.0. The summed E-state index contributed by atoms with van der Waals surface area (Å²) < 4.78 is 0. The highest BCUT2D eigenvalue weighted by Gasteiger charge is 2.26. The number of aldehydes is 1. The molecule has 0 amide bonds. The third kappa shape index (κ3) is 2.05. The van der Waals surface area contributed by atoms with Crippen molar-refractivity contribution in [1.82, 2.24) is 0 Å². The largest absolute Gasteiger partial charge is 0.507 e. The molecule has 0 aliphatic heterocycles. The van der Waals surface area contributed by atoms with E-state index < -0.39 is 11.4 Å². The Hall–Kier alpha value is -1.84. The monoisotopic (exact) mass is 222 g/mol. The van der Waals surface area contributed by atoms with Crippen LogP contribution in [0.3, 0.4) is 0 Å². The Labute approximate surface area is 93.5 Å². The Balaban J connectivity index is 3.62. The van der Waals surface area contributed by atoms with Crippen LogP contribution in [0.2, 0.25) is 0 Å². The Morgan fingerprint density at radius 1 is 1.31 bits per heavy atom. The van der Waals surface area contributed by atoms with Gasteiger partial charge in [-0.05, 0) is 17.5 Å². The average molecular weight is 222 g/mol. The summed E-state index contributed by atoms with van der Waals surface area (Å²) in [5.41, 5.74) is -0.133. The van der Waals surface area contributed by atoms with Gasteiger partial charge in [0.25, 0.3) is 0 Å². The number of phenols is 1. The molecule has 0 heterocycles. The molecule has 2 N–H and O–H groups in total. The lowest BCUT2D eigenvalue weighted by atomic mass is 9.82. The fourth-order valence-electron chi connectivity index (χ4n) is 1.64. The fourth-order valence-corrected chi connectivity index (χ4v) is 1.64. The molecule has 1 aromatic rings. The maximum Gasteiger partial charge on any atom is 0.336 e. The first-order chi connectivity index (χ1) is 7.29. The highest BCUT2D eigenvalue weighted by Crippen LogP contribution is 2.35. The van der Waals surface area contributed by atoms with E-state index >= 15 is 0 Å². The van der Waals surface area contributed by atoms with Gasteiger partial charge < -0.3 is 10.2 Å². The topological polar surface area (TPSA) is 74.6 Å². The predicted octanol–water partition coefficient (Wildman–Crippen LogP) is 2.20. The lowest BCUT2D eigenvalue weighted by Crippen LogP contribution is -2.17. The van der Waals surface area contributed by atoms with Crippen molar-refractivity contribution >= 4 is 12.3 Å². The number of carboxylic acids is 1. The summed E-state index contributed by atoms with van der Waals surface area (Å²) in [6.45, 7) is 5.34. The van der Waals surface area contributed by atoms with Crippen molar-refractivity contribution in [3.8, 4) is 5.75 Å². The molecule has 16 heavy (non-hydrogen) atoms. The normalized spacial score (nSPS) is 11.2. The van der Waals surface area contributed by atoms with Gasteiger partial charge in [-0.1, -0.05) is 20.8 Å². The molecule has 0 unspecified atom stereocenters. The van der Waals surface area contributed by atoms with E-state index in [2.05, 4.69) is 0 Å². The molecular weight excluding hydrogens is 208 g/mol. The maximum atomic E-state index is 11.0. The van der Waals surface area contributed by atoms with E-state index in [0.29, 0.717) is 6.29 Å². The van der Waals surface area contributed by atoms with E-state index in [1.807, 2.05) is 0 Å². The van der Waals surface area contributed by atoms with Crippen LogP contribution in [0.4, 0.5) is 0 Å². The second kappa shape index (κ2) is 3.96. The Morgan fingerprint density at radius 2 is 1.88 bits per heavy atom. The molecule has 1 aromatic carbocycles. The molecule has 0 spiro atoms. The van der Waals surface area contributed by atoms with Crippen LogP contribution in [0.5, 0.6) is 5.75 Å². The number of hydrogen-bond acceptors (Lipinski definition) is 3. The first-order valence-electron chi connectivity index (χ1n) is 4.84. The smallest absolute Gasteiger partial charge is 0.336 e. The van der Waals surface area contributed by atoms with Crippen molar-refractivity contribution in [3.05, 3.63) is 28.8 Å². The third-order valence-corrected chi connectivity index (χ3v) is 2.32. The van der Waals surface area contributed by atoms with Gasteiger partial charge in [-0.25, -0.2) is 4.79 Å². The van der Waals surface area contributed by atoms with E-state index in [1.165, 1.54) is 12.1 Å². The van der Waals surface area contributed by atoms with Gasteiger partial charge in [0.15, 0.2) is 6.29 Å². The van der Waals surface area contributed by atoms with Crippen LogP contribution in [-0.2, 0) is 5.41 Å². The molecule has 0 saturated carbocycles. The van der Waals surface area contributed by atoms with Crippen molar-refractivity contribution in [2.75, 3.05) is 0 Å². The molecule has 0 radical (unpaired) electrons. The van der Waals surface area contributed by atoms with Crippen LogP contribution in [0.25, 0.3) is 0 Å². The van der Waals surface area contributed by atoms with Crippen molar-refractivity contribution in [1.29, 1.82) is 0 Å². The SMILES string of the molecule is CC(C)(C)c1c(C(=O)O)ccc(C=O)c1O. The minimum absolute atomic E-state index is 0.0237. The highest BCUT2D eigenvalue weighted by molar-refractivity contribution is 5.93. The second-order valence-corrected chi connectivity index (χ2v) is 4.60. The summed E-state index contributed by atoms with van der Waals surface area (Å²) in [5.74, 6) is -1.36. The average Bonchev–Trinajstić information content (AvgIpc) is 2.14. The van der Waals surface area contributed by atoms with Crippen LogP contribution >= 0.6 is 0 Å². The molecule has 0 aromatic heterocycles. The zero-order valence-electron chi connectivity index (χ0n) is 9.44. The lowest BCUT2D eigenvalue weighted by molar-refractivity contribution is 0.0693. The second-order valence-electron chi connectivity index (χ2n) is 4.60. The molecule has 0 saturated heterocycles. The Kier molecular flexibility index (Phi) is 3.03. The van der Waals surface area contributed by atoms with E-state index in [1.54, 1.807) is 20.8 Å². The number of carboxylic acid groups (broad SMARTS) is 1. The number of aromatic hydroxyl groups is 1. The van der Waals surface area contributed by atoms with E-state index in [0.717, 1.165) is 0 Å². The zero-order chi connectivity index (χ0) is 12.5.